The van der Waals surface area contributed by atoms with Crippen molar-refractivity contribution in [2.45, 2.75) is 6.92 Å². The normalized spacial score (nSPS) is 10.1. The Kier molecular flexibility index (Phi) is 3.01. The van der Waals surface area contributed by atoms with Crippen LogP contribution < -0.4 is 4.74 Å². The number of nitrogens with zero attached hydrogens (tertiary/aromatic N) is 1. The Bertz CT molecular complexity index is 519. The van der Waals surface area contributed by atoms with Crippen molar-refractivity contribution in [3.05, 3.63) is 35.5 Å². The zero-order valence-electron chi connectivity index (χ0n) is 9.06. The van der Waals surface area contributed by atoms with E-state index < -0.39 is 0 Å². The van der Waals surface area contributed by atoms with Crippen LogP contribution in [0, 0.1) is 6.92 Å². The molecular weight excluding hydrogens is 222 g/mol. The Morgan fingerprint density at radius 1 is 1.38 bits per heavy atom. The summed E-state index contributed by atoms with van der Waals surface area (Å²) in [5.41, 5.74) is 2.61. The third-order valence-electron chi connectivity index (χ3n) is 2.33. The molecule has 82 valence electrons. The molecular formula is C12H11NO2S. The van der Waals surface area contributed by atoms with Crippen molar-refractivity contribution in [3.63, 3.8) is 0 Å². The van der Waals surface area contributed by atoms with Gasteiger partial charge >= 0.3 is 0 Å². The molecule has 0 aliphatic rings. The molecule has 0 saturated carbocycles. The summed E-state index contributed by atoms with van der Waals surface area (Å²) in [6.45, 7) is 1.99. The topological polar surface area (TPSA) is 39.2 Å². The molecule has 16 heavy (non-hydrogen) atoms. The summed E-state index contributed by atoms with van der Waals surface area (Å²) in [7, 11) is 1.65. The molecule has 0 saturated heterocycles. The van der Waals surface area contributed by atoms with Gasteiger partial charge in [-0.1, -0.05) is 0 Å². The number of hydrogen-bond acceptors (Lipinski definition) is 4. The fourth-order valence-electron chi connectivity index (χ4n) is 1.51. The van der Waals surface area contributed by atoms with Gasteiger partial charge in [0.2, 0.25) is 0 Å². The molecule has 2 rings (SSSR count). The minimum absolute atomic E-state index is 0.480. The highest BCUT2D eigenvalue weighted by Gasteiger charge is 2.06. The maximum Gasteiger partial charge on any atom is 0.169 e. The van der Waals surface area contributed by atoms with Gasteiger partial charge in [0.05, 0.1) is 12.0 Å². The molecule has 2 aromatic rings. The average molecular weight is 233 g/mol. The molecule has 0 radical (unpaired) electrons. The highest BCUT2D eigenvalue weighted by atomic mass is 32.1. The molecule has 1 aromatic carbocycles. The van der Waals surface area contributed by atoms with E-state index in [4.69, 9.17) is 4.74 Å². The Labute approximate surface area is 97.9 Å². The molecule has 0 N–H and O–H groups in total. The minimum Gasteiger partial charge on any atom is -0.496 e. The lowest BCUT2D eigenvalue weighted by Crippen LogP contribution is -1.86. The van der Waals surface area contributed by atoms with Crippen molar-refractivity contribution in [3.8, 4) is 16.2 Å². The number of carbonyl (C=O) groups is 1. The first-order valence-corrected chi connectivity index (χ1v) is 5.59. The summed E-state index contributed by atoms with van der Waals surface area (Å²) >= 11 is 1.33. The van der Waals surface area contributed by atoms with Gasteiger partial charge < -0.3 is 4.74 Å². The molecule has 1 heterocycles. The number of ether oxygens (including phenoxy) is 1. The highest BCUT2D eigenvalue weighted by Crippen LogP contribution is 2.28. The first kappa shape index (κ1) is 10.8. The van der Waals surface area contributed by atoms with E-state index in [0.717, 1.165) is 28.0 Å². The van der Waals surface area contributed by atoms with Gasteiger partial charge in [-0.05, 0) is 53.8 Å². The Balaban J connectivity index is 2.40. The Morgan fingerprint density at radius 3 is 2.75 bits per heavy atom. The van der Waals surface area contributed by atoms with Crippen molar-refractivity contribution in [2.75, 3.05) is 7.11 Å². The van der Waals surface area contributed by atoms with Crippen LogP contribution in [0.15, 0.2) is 24.3 Å². The maximum atomic E-state index is 10.5. The van der Waals surface area contributed by atoms with Crippen LogP contribution in [-0.4, -0.2) is 17.8 Å². The highest BCUT2D eigenvalue weighted by molar-refractivity contribution is 7.09. The SMILES string of the molecule is COc1ccc(-c2cc(C=O)ns2)cc1C. The quantitative estimate of drug-likeness (QED) is 0.765. The standard InChI is InChI=1S/C12H11NO2S/c1-8-5-9(3-4-11(8)15-2)12-6-10(7-14)13-16-12/h3-7H,1-2H3. The van der Waals surface area contributed by atoms with E-state index in [1.807, 2.05) is 25.1 Å². The van der Waals surface area contributed by atoms with Crippen LogP contribution >= 0.6 is 11.5 Å². The smallest absolute Gasteiger partial charge is 0.169 e. The third kappa shape index (κ3) is 1.97. The van der Waals surface area contributed by atoms with Crippen LogP contribution in [0.1, 0.15) is 16.1 Å². The molecule has 0 aliphatic carbocycles. The van der Waals surface area contributed by atoms with Crippen molar-refractivity contribution >= 4 is 17.8 Å². The summed E-state index contributed by atoms with van der Waals surface area (Å²) in [5.74, 6) is 0.865. The summed E-state index contributed by atoms with van der Waals surface area (Å²) in [4.78, 5) is 11.5. The fourth-order valence-corrected chi connectivity index (χ4v) is 2.22. The molecule has 1 aromatic heterocycles. The van der Waals surface area contributed by atoms with Gasteiger partial charge in [0.25, 0.3) is 0 Å². The minimum atomic E-state index is 0.480. The Morgan fingerprint density at radius 2 is 2.19 bits per heavy atom. The molecule has 0 bridgehead atoms. The number of methoxy groups -OCH3 is 1. The first-order valence-electron chi connectivity index (χ1n) is 4.81. The first-order chi connectivity index (χ1) is 7.74. The molecule has 4 heteroatoms. The number of rotatable bonds is 3. The predicted octanol–water partition coefficient (Wildman–Crippen LogP) is 2.94. The number of aldehydes is 1. The predicted molar refractivity (Wildman–Crippen MR) is 64.2 cm³/mol. The Hall–Kier alpha value is -1.68. The van der Waals surface area contributed by atoms with Crippen molar-refractivity contribution in [1.82, 2.24) is 4.37 Å². The van der Waals surface area contributed by atoms with E-state index in [9.17, 15) is 4.79 Å². The number of hydrogen-bond donors (Lipinski definition) is 0. The second-order valence-electron chi connectivity index (χ2n) is 3.42. The van der Waals surface area contributed by atoms with Crippen molar-refractivity contribution in [1.29, 1.82) is 0 Å². The number of benzene rings is 1. The van der Waals surface area contributed by atoms with E-state index in [1.54, 1.807) is 13.2 Å². The lowest BCUT2D eigenvalue weighted by molar-refractivity contribution is 0.112. The van der Waals surface area contributed by atoms with E-state index in [-0.39, 0.29) is 0 Å². The summed E-state index contributed by atoms with van der Waals surface area (Å²) in [5, 5.41) is 0. The van der Waals surface area contributed by atoms with Crippen LogP contribution in [0.25, 0.3) is 10.4 Å². The molecule has 0 amide bonds. The van der Waals surface area contributed by atoms with Crippen LogP contribution in [0.4, 0.5) is 0 Å². The van der Waals surface area contributed by atoms with Crippen LogP contribution in [0.5, 0.6) is 5.75 Å². The van der Waals surface area contributed by atoms with Crippen LogP contribution in [0.2, 0.25) is 0 Å². The van der Waals surface area contributed by atoms with E-state index >= 15 is 0 Å². The van der Waals surface area contributed by atoms with Crippen molar-refractivity contribution in [2.24, 2.45) is 0 Å². The van der Waals surface area contributed by atoms with Crippen LogP contribution in [0.3, 0.4) is 0 Å². The summed E-state index contributed by atoms with van der Waals surface area (Å²) in [6, 6.07) is 7.71. The average Bonchev–Trinajstić information content (AvgIpc) is 2.77. The zero-order chi connectivity index (χ0) is 11.5. The lowest BCUT2D eigenvalue weighted by atomic mass is 10.1. The largest absolute Gasteiger partial charge is 0.496 e. The van der Waals surface area contributed by atoms with Gasteiger partial charge in [-0.2, -0.15) is 4.37 Å². The van der Waals surface area contributed by atoms with Gasteiger partial charge in [-0.15, -0.1) is 0 Å². The monoisotopic (exact) mass is 233 g/mol. The van der Waals surface area contributed by atoms with Crippen molar-refractivity contribution < 1.29 is 9.53 Å². The second-order valence-corrected chi connectivity index (χ2v) is 4.22. The summed E-state index contributed by atoms with van der Waals surface area (Å²) in [6.07, 6.45) is 0.760. The zero-order valence-corrected chi connectivity index (χ0v) is 9.88. The number of carbonyl (C=O) groups excluding carboxylic acids is 1. The van der Waals surface area contributed by atoms with Gasteiger partial charge in [-0.25, -0.2) is 0 Å². The number of aromatic nitrogens is 1. The number of aryl methyl sites for hydroxylation is 1. The van der Waals surface area contributed by atoms with E-state index in [1.165, 1.54) is 11.5 Å². The maximum absolute atomic E-state index is 10.5. The molecule has 0 atom stereocenters. The molecule has 0 spiro atoms. The second kappa shape index (κ2) is 4.45. The lowest BCUT2D eigenvalue weighted by Gasteiger charge is -2.05. The van der Waals surface area contributed by atoms with Crippen LogP contribution in [-0.2, 0) is 0 Å². The fraction of sp³-hybridized carbons (Fsp3) is 0.167. The van der Waals surface area contributed by atoms with E-state index in [0.29, 0.717) is 5.69 Å². The third-order valence-corrected chi connectivity index (χ3v) is 3.18. The van der Waals surface area contributed by atoms with Gasteiger partial charge in [0.15, 0.2) is 6.29 Å². The molecule has 0 unspecified atom stereocenters. The van der Waals surface area contributed by atoms with Gasteiger partial charge in [0.1, 0.15) is 11.4 Å². The molecule has 0 aliphatic heterocycles. The van der Waals surface area contributed by atoms with Gasteiger partial charge in [-0.3, -0.25) is 4.79 Å². The molecule has 3 nitrogen and oxygen atoms in total. The van der Waals surface area contributed by atoms with E-state index in [2.05, 4.69) is 4.37 Å². The summed E-state index contributed by atoms with van der Waals surface area (Å²) < 4.78 is 9.22. The van der Waals surface area contributed by atoms with Gasteiger partial charge in [0, 0.05) is 0 Å². The molecule has 0 fully saturated rings.